The molecule has 2 aliphatic heterocycles. The van der Waals surface area contributed by atoms with Crippen molar-refractivity contribution in [2.45, 2.75) is 26.1 Å². The van der Waals surface area contributed by atoms with Gasteiger partial charge >= 0.3 is 6.18 Å². The zero-order chi connectivity index (χ0) is 24.0. The summed E-state index contributed by atoms with van der Waals surface area (Å²) in [6.45, 7) is 6.16. The molecular weight excluding hydrogens is 451 g/mol. The minimum absolute atomic E-state index is 0.0418. The van der Waals surface area contributed by atoms with Crippen molar-refractivity contribution in [2.75, 3.05) is 49.0 Å². The molecule has 34 heavy (non-hydrogen) atoms. The molecule has 180 valence electrons. The number of ether oxygens (including phenoxy) is 3. The molecule has 8 nitrogen and oxygen atoms in total. The standard InChI is InChI=1S/C23H24F3N5O3/c1-12(14-7-15(23(24,25)26)9-16(27)8-14)28-22-17-10-18(31-3-5-32-6-4-31)20-21(34-11-33-20)19(17)29-13(2)30-22/h7-10,12H,3-6,11,27H2,1-2H3,(H,28,29,30)/t12-/m1/s1. The normalized spacial score (nSPS) is 16.7. The lowest BCUT2D eigenvalue weighted by molar-refractivity contribution is -0.137. The number of nitrogens with one attached hydrogen (secondary N) is 1. The average Bonchev–Trinajstić information content (AvgIpc) is 3.28. The maximum atomic E-state index is 13.3. The maximum absolute atomic E-state index is 13.3. The first kappa shape index (κ1) is 22.3. The molecule has 0 aliphatic carbocycles. The van der Waals surface area contributed by atoms with Gasteiger partial charge in [0.1, 0.15) is 17.2 Å². The summed E-state index contributed by atoms with van der Waals surface area (Å²) < 4.78 is 57.0. The Morgan fingerprint density at radius 2 is 1.79 bits per heavy atom. The highest BCUT2D eigenvalue weighted by molar-refractivity contribution is 5.99. The number of hydrogen-bond donors (Lipinski definition) is 2. The molecule has 11 heteroatoms. The van der Waals surface area contributed by atoms with E-state index in [1.807, 2.05) is 6.07 Å². The Morgan fingerprint density at radius 3 is 2.53 bits per heavy atom. The van der Waals surface area contributed by atoms with Crippen LogP contribution in [0.1, 0.15) is 29.9 Å². The van der Waals surface area contributed by atoms with E-state index in [1.54, 1.807) is 13.8 Å². The number of morpholine rings is 1. The van der Waals surface area contributed by atoms with Gasteiger partial charge < -0.3 is 30.2 Å². The van der Waals surface area contributed by atoms with Gasteiger partial charge in [0, 0.05) is 24.2 Å². The first-order valence-corrected chi connectivity index (χ1v) is 10.9. The van der Waals surface area contributed by atoms with Crippen LogP contribution >= 0.6 is 0 Å². The molecule has 0 unspecified atom stereocenters. The van der Waals surface area contributed by atoms with Crippen LogP contribution in [0.4, 0.5) is 30.4 Å². The fourth-order valence-electron chi connectivity index (χ4n) is 4.27. The molecule has 3 heterocycles. The van der Waals surface area contributed by atoms with Gasteiger partial charge in [-0.15, -0.1) is 0 Å². The highest BCUT2D eigenvalue weighted by Crippen LogP contribution is 2.47. The molecule has 1 saturated heterocycles. The van der Waals surface area contributed by atoms with Crippen LogP contribution in [-0.2, 0) is 10.9 Å². The summed E-state index contributed by atoms with van der Waals surface area (Å²) in [5.41, 5.74) is 6.83. The molecule has 0 saturated carbocycles. The first-order valence-electron chi connectivity index (χ1n) is 10.9. The lowest BCUT2D eigenvalue weighted by atomic mass is 10.0. The van der Waals surface area contributed by atoms with E-state index in [-0.39, 0.29) is 12.5 Å². The van der Waals surface area contributed by atoms with Crippen LogP contribution in [0.2, 0.25) is 0 Å². The van der Waals surface area contributed by atoms with E-state index < -0.39 is 17.8 Å². The van der Waals surface area contributed by atoms with Gasteiger partial charge in [0.2, 0.25) is 6.79 Å². The Kier molecular flexibility index (Phi) is 5.51. The summed E-state index contributed by atoms with van der Waals surface area (Å²) in [4.78, 5) is 11.3. The predicted octanol–water partition coefficient (Wildman–Crippen LogP) is 4.28. The number of nitrogen functional groups attached to an aromatic ring is 1. The molecule has 0 amide bonds. The van der Waals surface area contributed by atoms with Crippen molar-refractivity contribution in [3.8, 4) is 11.5 Å². The van der Waals surface area contributed by atoms with Gasteiger partial charge in [0.25, 0.3) is 0 Å². The van der Waals surface area contributed by atoms with E-state index in [1.165, 1.54) is 6.07 Å². The molecule has 0 bridgehead atoms. The third kappa shape index (κ3) is 4.11. The highest BCUT2D eigenvalue weighted by atomic mass is 19.4. The van der Waals surface area contributed by atoms with Gasteiger partial charge in [-0.3, -0.25) is 0 Å². The SMILES string of the molecule is Cc1nc(N[C@H](C)c2cc(N)cc(C(F)(F)F)c2)c2cc(N3CCOCC3)c3c(c2n1)OCO3. The van der Waals surface area contributed by atoms with Crippen LogP contribution < -0.4 is 25.4 Å². The van der Waals surface area contributed by atoms with Crippen molar-refractivity contribution >= 4 is 28.1 Å². The molecule has 3 N–H and O–H groups in total. The van der Waals surface area contributed by atoms with Gasteiger partial charge in [-0.05, 0) is 43.7 Å². The number of halogens is 3. The summed E-state index contributed by atoms with van der Waals surface area (Å²) in [5, 5.41) is 3.94. The number of hydrogen-bond acceptors (Lipinski definition) is 8. The largest absolute Gasteiger partial charge is 0.451 e. The number of nitrogens with zero attached hydrogens (tertiary/aromatic N) is 3. The van der Waals surface area contributed by atoms with Crippen LogP contribution in [0.15, 0.2) is 24.3 Å². The zero-order valence-electron chi connectivity index (χ0n) is 18.7. The van der Waals surface area contributed by atoms with E-state index in [4.69, 9.17) is 19.9 Å². The third-order valence-electron chi connectivity index (χ3n) is 5.91. The molecule has 0 radical (unpaired) electrons. The van der Waals surface area contributed by atoms with Gasteiger partial charge in [-0.2, -0.15) is 13.2 Å². The zero-order valence-corrected chi connectivity index (χ0v) is 18.7. The Bertz CT molecular complexity index is 1240. The van der Waals surface area contributed by atoms with Crippen molar-refractivity contribution in [1.29, 1.82) is 0 Å². The number of rotatable bonds is 4. The Balaban J connectivity index is 1.58. The molecular formula is C23H24F3N5O3. The van der Waals surface area contributed by atoms with Gasteiger partial charge in [0.15, 0.2) is 11.5 Å². The number of fused-ring (bicyclic) bond motifs is 3. The molecule has 1 fully saturated rings. The van der Waals surface area contributed by atoms with Crippen molar-refractivity contribution < 1.29 is 27.4 Å². The summed E-state index contributed by atoms with van der Waals surface area (Å²) in [6.07, 6.45) is -4.49. The summed E-state index contributed by atoms with van der Waals surface area (Å²) in [7, 11) is 0. The molecule has 2 aliphatic rings. The number of alkyl halides is 3. The number of aromatic nitrogens is 2. The van der Waals surface area contributed by atoms with Crippen LogP contribution in [0, 0.1) is 6.92 Å². The number of nitrogens with two attached hydrogens (primary N) is 1. The number of benzene rings is 2. The van der Waals surface area contributed by atoms with E-state index in [2.05, 4.69) is 20.2 Å². The van der Waals surface area contributed by atoms with E-state index in [9.17, 15) is 13.2 Å². The number of aryl methyl sites for hydroxylation is 1. The van der Waals surface area contributed by atoms with Crippen molar-refractivity contribution in [2.24, 2.45) is 0 Å². The minimum Gasteiger partial charge on any atom is -0.451 e. The van der Waals surface area contributed by atoms with Gasteiger partial charge in [-0.25, -0.2) is 9.97 Å². The fraction of sp³-hybridized carbons (Fsp3) is 0.391. The Morgan fingerprint density at radius 1 is 1.06 bits per heavy atom. The number of anilines is 3. The van der Waals surface area contributed by atoms with Crippen molar-refractivity contribution in [3.63, 3.8) is 0 Å². The lowest BCUT2D eigenvalue weighted by Crippen LogP contribution is -2.36. The second kappa shape index (κ2) is 8.39. The molecule has 1 aromatic heterocycles. The fourth-order valence-corrected chi connectivity index (χ4v) is 4.27. The quantitative estimate of drug-likeness (QED) is 0.540. The molecule has 5 rings (SSSR count). The second-order valence-corrected chi connectivity index (χ2v) is 8.33. The highest BCUT2D eigenvalue weighted by Gasteiger charge is 2.32. The van der Waals surface area contributed by atoms with Gasteiger partial charge in [-0.1, -0.05) is 0 Å². The van der Waals surface area contributed by atoms with Crippen LogP contribution in [0.3, 0.4) is 0 Å². The third-order valence-corrected chi connectivity index (χ3v) is 5.91. The summed E-state index contributed by atoms with van der Waals surface area (Å²) in [5.74, 6) is 2.13. The monoisotopic (exact) mass is 475 g/mol. The Hall–Kier alpha value is -3.47. The molecule has 1 atom stereocenters. The predicted molar refractivity (Wildman–Crippen MR) is 121 cm³/mol. The molecule has 2 aromatic carbocycles. The molecule has 3 aromatic rings. The summed E-state index contributed by atoms with van der Waals surface area (Å²) in [6, 6.07) is 4.97. The van der Waals surface area contributed by atoms with E-state index >= 15 is 0 Å². The van der Waals surface area contributed by atoms with Crippen LogP contribution in [-0.4, -0.2) is 43.1 Å². The van der Waals surface area contributed by atoms with E-state index in [0.29, 0.717) is 65.9 Å². The minimum atomic E-state index is -4.49. The average molecular weight is 475 g/mol. The molecule has 0 spiro atoms. The maximum Gasteiger partial charge on any atom is 0.416 e. The summed E-state index contributed by atoms with van der Waals surface area (Å²) >= 11 is 0. The lowest BCUT2D eigenvalue weighted by Gasteiger charge is -2.30. The smallest absolute Gasteiger partial charge is 0.416 e. The topological polar surface area (TPSA) is 94.8 Å². The van der Waals surface area contributed by atoms with Crippen LogP contribution in [0.25, 0.3) is 10.9 Å². The van der Waals surface area contributed by atoms with Crippen molar-refractivity contribution in [1.82, 2.24) is 9.97 Å². The second-order valence-electron chi connectivity index (χ2n) is 8.33. The van der Waals surface area contributed by atoms with Crippen LogP contribution in [0.5, 0.6) is 11.5 Å². The first-order chi connectivity index (χ1) is 16.2. The van der Waals surface area contributed by atoms with Crippen molar-refractivity contribution in [3.05, 3.63) is 41.2 Å². The Labute approximate surface area is 193 Å². The van der Waals surface area contributed by atoms with Gasteiger partial charge in [0.05, 0.1) is 30.5 Å². The van der Waals surface area contributed by atoms with E-state index in [0.717, 1.165) is 17.8 Å².